The van der Waals surface area contributed by atoms with Crippen molar-refractivity contribution in [3.8, 4) is 5.75 Å². The van der Waals surface area contributed by atoms with Crippen LogP contribution in [0.4, 0.5) is 0 Å². The van der Waals surface area contributed by atoms with Crippen molar-refractivity contribution in [1.82, 2.24) is 0 Å². The number of carboxylic acid groups (broad SMARTS) is 1. The number of hydrogen-bond acceptors (Lipinski definition) is 2. The summed E-state index contributed by atoms with van der Waals surface area (Å²) in [5, 5.41) is 8.67. The summed E-state index contributed by atoms with van der Waals surface area (Å²) >= 11 is 0. The molecule has 1 heterocycles. The molecule has 1 N–H and O–H groups in total. The highest BCUT2D eigenvalue weighted by atomic mass is 16.5. The Balaban J connectivity index is 2.15. The van der Waals surface area contributed by atoms with Gasteiger partial charge in [-0.2, -0.15) is 0 Å². The lowest BCUT2D eigenvalue weighted by atomic mass is 9.93. The molecule has 0 unspecified atom stereocenters. The number of rotatable bonds is 3. The normalized spacial score (nSPS) is 17.1. The third kappa shape index (κ3) is 2.99. The molecule has 0 saturated carbocycles. The minimum atomic E-state index is -0.760. The zero-order valence-corrected chi connectivity index (χ0v) is 10.3. The second-order valence-corrected chi connectivity index (χ2v) is 5.20. The van der Waals surface area contributed by atoms with E-state index in [0.29, 0.717) is 6.42 Å². The average molecular weight is 234 g/mol. The van der Waals surface area contributed by atoms with Gasteiger partial charge in [-0.1, -0.05) is 12.1 Å². The predicted octanol–water partition coefficient (Wildman–Crippen LogP) is 2.81. The van der Waals surface area contributed by atoms with Crippen LogP contribution in [0, 0.1) is 0 Å². The highest BCUT2D eigenvalue weighted by Gasteiger charge is 2.26. The molecule has 0 fully saturated rings. The van der Waals surface area contributed by atoms with Crippen LogP contribution < -0.4 is 4.74 Å². The largest absolute Gasteiger partial charge is 0.488 e. The van der Waals surface area contributed by atoms with Gasteiger partial charge in [-0.3, -0.25) is 4.79 Å². The first-order valence-corrected chi connectivity index (χ1v) is 5.99. The number of fused-ring (bicyclic) bond motifs is 1. The maximum Gasteiger partial charge on any atom is 0.303 e. The molecule has 3 nitrogen and oxygen atoms in total. The fraction of sp³-hybridized carbons (Fsp3) is 0.500. The first-order chi connectivity index (χ1) is 7.96. The van der Waals surface area contributed by atoms with E-state index in [1.165, 1.54) is 5.56 Å². The quantitative estimate of drug-likeness (QED) is 0.874. The van der Waals surface area contributed by atoms with E-state index in [0.717, 1.165) is 24.2 Å². The van der Waals surface area contributed by atoms with E-state index in [-0.39, 0.29) is 12.0 Å². The third-order valence-electron chi connectivity index (χ3n) is 3.14. The maximum absolute atomic E-state index is 10.5. The number of aryl methyl sites for hydroxylation is 2. The standard InChI is InChI=1S/C14H18O3/c1-14(2)8-7-11-5-3-10(4-6-13(15)16)9-12(11)17-14/h3,5,9H,4,6-8H2,1-2H3,(H,15,16). The molecule has 0 bridgehead atoms. The van der Waals surface area contributed by atoms with Crippen LogP contribution in [0.3, 0.4) is 0 Å². The molecule has 2 rings (SSSR count). The third-order valence-corrected chi connectivity index (χ3v) is 3.14. The van der Waals surface area contributed by atoms with E-state index in [1.807, 2.05) is 12.1 Å². The molecular weight excluding hydrogens is 216 g/mol. The summed E-state index contributed by atoms with van der Waals surface area (Å²) in [6.07, 6.45) is 2.78. The first-order valence-electron chi connectivity index (χ1n) is 5.99. The minimum absolute atomic E-state index is 0.113. The van der Waals surface area contributed by atoms with Gasteiger partial charge in [-0.25, -0.2) is 0 Å². The van der Waals surface area contributed by atoms with Crippen LogP contribution in [0.15, 0.2) is 18.2 Å². The number of carbonyl (C=O) groups is 1. The van der Waals surface area contributed by atoms with E-state index >= 15 is 0 Å². The van der Waals surface area contributed by atoms with Crippen LogP contribution in [0.25, 0.3) is 0 Å². The summed E-state index contributed by atoms with van der Waals surface area (Å²) in [7, 11) is 0. The lowest BCUT2D eigenvalue weighted by Crippen LogP contribution is -2.32. The molecule has 0 aliphatic carbocycles. The van der Waals surface area contributed by atoms with Gasteiger partial charge in [-0.05, 0) is 50.3 Å². The van der Waals surface area contributed by atoms with Gasteiger partial charge < -0.3 is 9.84 Å². The Labute approximate surface area is 101 Å². The van der Waals surface area contributed by atoms with E-state index < -0.39 is 5.97 Å². The topological polar surface area (TPSA) is 46.5 Å². The molecule has 0 saturated heterocycles. The van der Waals surface area contributed by atoms with Crippen LogP contribution in [0.1, 0.15) is 37.8 Å². The van der Waals surface area contributed by atoms with Gasteiger partial charge in [0.25, 0.3) is 0 Å². The smallest absolute Gasteiger partial charge is 0.303 e. The second kappa shape index (κ2) is 4.40. The molecule has 0 spiro atoms. The van der Waals surface area contributed by atoms with Crippen LogP contribution >= 0.6 is 0 Å². The number of hydrogen-bond donors (Lipinski definition) is 1. The Kier molecular flexibility index (Phi) is 3.09. The Morgan fingerprint density at radius 3 is 2.94 bits per heavy atom. The van der Waals surface area contributed by atoms with Crippen molar-refractivity contribution in [3.63, 3.8) is 0 Å². The second-order valence-electron chi connectivity index (χ2n) is 5.20. The molecule has 0 radical (unpaired) electrons. The first kappa shape index (κ1) is 12.0. The molecule has 17 heavy (non-hydrogen) atoms. The summed E-state index contributed by atoms with van der Waals surface area (Å²) in [4.78, 5) is 10.5. The molecule has 1 aliphatic rings. The van der Waals surface area contributed by atoms with Crippen LogP contribution in [0.5, 0.6) is 5.75 Å². The van der Waals surface area contributed by atoms with Crippen molar-refractivity contribution in [2.75, 3.05) is 0 Å². The Bertz CT molecular complexity index is 435. The Morgan fingerprint density at radius 2 is 2.24 bits per heavy atom. The molecule has 3 heteroatoms. The molecule has 92 valence electrons. The molecule has 0 aromatic heterocycles. The van der Waals surface area contributed by atoms with Gasteiger partial charge in [0.15, 0.2) is 0 Å². The van der Waals surface area contributed by atoms with Crippen molar-refractivity contribution in [3.05, 3.63) is 29.3 Å². The average Bonchev–Trinajstić information content (AvgIpc) is 2.24. The number of benzene rings is 1. The van der Waals surface area contributed by atoms with Crippen LogP contribution in [0.2, 0.25) is 0 Å². The number of carboxylic acids is 1. The molecule has 1 aromatic carbocycles. The zero-order chi connectivity index (χ0) is 12.5. The maximum atomic E-state index is 10.5. The lowest BCUT2D eigenvalue weighted by molar-refractivity contribution is -0.136. The summed E-state index contributed by atoms with van der Waals surface area (Å²) in [6, 6.07) is 6.05. The highest BCUT2D eigenvalue weighted by Crippen LogP contribution is 2.33. The molecule has 0 amide bonds. The predicted molar refractivity (Wildman–Crippen MR) is 65.4 cm³/mol. The fourth-order valence-corrected chi connectivity index (χ4v) is 2.09. The summed E-state index contributed by atoms with van der Waals surface area (Å²) in [5.74, 6) is 0.160. The SMILES string of the molecule is CC1(C)CCc2ccc(CCC(=O)O)cc2O1. The van der Waals surface area contributed by atoms with Gasteiger partial charge in [0, 0.05) is 6.42 Å². The van der Waals surface area contributed by atoms with E-state index in [2.05, 4.69) is 19.9 Å². The van der Waals surface area contributed by atoms with Gasteiger partial charge >= 0.3 is 5.97 Å². The van der Waals surface area contributed by atoms with Gasteiger partial charge in [-0.15, -0.1) is 0 Å². The van der Waals surface area contributed by atoms with Gasteiger partial charge in [0.1, 0.15) is 11.4 Å². The Morgan fingerprint density at radius 1 is 1.47 bits per heavy atom. The van der Waals surface area contributed by atoms with Crippen molar-refractivity contribution < 1.29 is 14.6 Å². The van der Waals surface area contributed by atoms with E-state index in [1.54, 1.807) is 0 Å². The number of aliphatic carboxylic acids is 1. The monoisotopic (exact) mass is 234 g/mol. The van der Waals surface area contributed by atoms with Crippen molar-refractivity contribution >= 4 is 5.97 Å². The molecule has 1 aromatic rings. The van der Waals surface area contributed by atoms with Crippen molar-refractivity contribution in [2.45, 2.75) is 45.1 Å². The summed E-state index contributed by atoms with van der Waals surface area (Å²) < 4.78 is 5.92. The van der Waals surface area contributed by atoms with Crippen molar-refractivity contribution in [1.29, 1.82) is 0 Å². The van der Waals surface area contributed by atoms with E-state index in [9.17, 15) is 4.79 Å². The van der Waals surface area contributed by atoms with Crippen LogP contribution in [-0.2, 0) is 17.6 Å². The lowest BCUT2D eigenvalue weighted by Gasteiger charge is -2.32. The highest BCUT2D eigenvalue weighted by molar-refractivity contribution is 5.67. The molecule has 1 aliphatic heterocycles. The van der Waals surface area contributed by atoms with Gasteiger partial charge in [0.2, 0.25) is 0 Å². The summed E-state index contributed by atoms with van der Waals surface area (Å²) in [6.45, 7) is 4.17. The van der Waals surface area contributed by atoms with Crippen molar-refractivity contribution in [2.24, 2.45) is 0 Å². The molecular formula is C14H18O3. The number of ether oxygens (including phenoxy) is 1. The van der Waals surface area contributed by atoms with Gasteiger partial charge in [0.05, 0.1) is 0 Å². The molecule has 0 atom stereocenters. The summed E-state index contributed by atoms with van der Waals surface area (Å²) in [5.41, 5.74) is 2.14. The van der Waals surface area contributed by atoms with E-state index in [4.69, 9.17) is 9.84 Å². The minimum Gasteiger partial charge on any atom is -0.488 e. The fourth-order valence-electron chi connectivity index (χ4n) is 2.09. The van der Waals surface area contributed by atoms with Crippen LogP contribution in [-0.4, -0.2) is 16.7 Å². The Hall–Kier alpha value is -1.51. The zero-order valence-electron chi connectivity index (χ0n) is 10.3.